The number of amides is 1. The van der Waals surface area contributed by atoms with Crippen LogP contribution in [-0.4, -0.2) is 48.1 Å². The monoisotopic (exact) mass is 490 g/mol. The van der Waals surface area contributed by atoms with Crippen LogP contribution in [0.1, 0.15) is 13.8 Å². The number of anilines is 1. The lowest BCUT2D eigenvalue weighted by Gasteiger charge is -2.18. The van der Waals surface area contributed by atoms with Crippen molar-refractivity contribution in [2.24, 2.45) is 0 Å². The smallest absolute Gasteiger partial charge is 0.251 e. The van der Waals surface area contributed by atoms with Crippen molar-refractivity contribution in [3.8, 4) is 22.8 Å². The predicted molar refractivity (Wildman–Crippen MR) is 123 cm³/mol. The minimum absolute atomic E-state index is 0.0436. The second-order valence-corrected chi connectivity index (χ2v) is 9.87. The van der Waals surface area contributed by atoms with Gasteiger partial charge in [-0.2, -0.15) is 4.31 Å². The third-order valence-corrected chi connectivity index (χ3v) is 7.82. The number of fused-ring (bicyclic) bond motifs is 1. The highest BCUT2D eigenvalue weighted by Crippen LogP contribution is 2.36. The molecule has 4 rings (SSSR count). The molecule has 0 radical (unpaired) electrons. The fraction of sp³-hybridized carbons (Fsp3) is 0.286. The van der Waals surface area contributed by atoms with Crippen LogP contribution in [0.15, 0.2) is 51.6 Å². The predicted octanol–water partition coefficient (Wildman–Crippen LogP) is 2.37. The average Bonchev–Trinajstić information content (AvgIpc) is 3.44. The van der Waals surface area contributed by atoms with Gasteiger partial charge in [-0.1, -0.05) is 13.8 Å². The molecule has 1 aliphatic heterocycles. The number of hydrogen-bond donors (Lipinski definition) is 1. The van der Waals surface area contributed by atoms with E-state index < -0.39 is 21.5 Å². The van der Waals surface area contributed by atoms with Gasteiger partial charge in [-0.15, -0.1) is 11.3 Å². The van der Waals surface area contributed by atoms with Gasteiger partial charge in [0.2, 0.25) is 22.7 Å². The zero-order chi connectivity index (χ0) is 23.6. The van der Waals surface area contributed by atoms with E-state index in [2.05, 4.69) is 10.3 Å². The van der Waals surface area contributed by atoms with Crippen molar-refractivity contribution in [2.45, 2.75) is 25.3 Å². The molecule has 0 spiro atoms. The lowest BCUT2D eigenvalue weighted by Crippen LogP contribution is -2.33. The molecular formula is C21H22N4O6S2. The number of carbonyl (C=O) groups excluding carboxylic acids is 1. The van der Waals surface area contributed by atoms with Crippen LogP contribution >= 0.6 is 11.3 Å². The van der Waals surface area contributed by atoms with Crippen molar-refractivity contribution in [2.75, 3.05) is 25.2 Å². The second-order valence-electron chi connectivity index (χ2n) is 7.07. The van der Waals surface area contributed by atoms with Gasteiger partial charge >= 0.3 is 0 Å². The van der Waals surface area contributed by atoms with Gasteiger partial charge in [0.05, 0.1) is 10.6 Å². The lowest BCUT2D eigenvalue weighted by atomic mass is 10.1. The number of carbonyl (C=O) groups is 1. The number of thiazole rings is 1. The summed E-state index contributed by atoms with van der Waals surface area (Å²) in [5.41, 5.74) is 0.975. The van der Waals surface area contributed by atoms with Crippen molar-refractivity contribution in [3.05, 3.63) is 52.3 Å². The molecule has 0 aliphatic carbocycles. The molecule has 0 saturated heterocycles. The van der Waals surface area contributed by atoms with E-state index in [1.54, 1.807) is 25.3 Å². The van der Waals surface area contributed by atoms with Crippen LogP contribution in [-0.2, 0) is 21.4 Å². The molecule has 1 N–H and O–H groups in total. The Morgan fingerprint density at radius 2 is 1.94 bits per heavy atom. The van der Waals surface area contributed by atoms with Crippen LogP contribution in [0.5, 0.6) is 11.5 Å². The Balaban J connectivity index is 1.48. The Hall–Kier alpha value is -3.22. The number of aromatic nitrogens is 2. The maximum Gasteiger partial charge on any atom is 0.251 e. The van der Waals surface area contributed by atoms with Gasteiger partial charge in [-0.3, -0.25) is 9.59 Å². The number of rotatable bonds is 8. The Bertz CT molecular complexity index is 1340. The molecule has 0 bridgehead atoms. The van der Waals surface area contributed by atoms with Crippen molar-refractivity contribution in [3.63, 3.8) is 0 Å². The van der Waals surface area contributed by atoms with Crippen LogP contribution in [0.3, 0.4) is 0 Å². The van der Waals surface area contributed by atoms with Crippen molar-refractivity contribution >= 4 is 32.4 Å². The highest BCUT2D eigenvalue weighted by molar-refractivity contribution is 7.89. The van der Waals surface area contributed by atoms with Gasteiger partial charge < -0.3 is 19.4 Å². The number of hydrogen-bond acceptors (Lipinski definition) is 8. The van der Waals surface area contributed by atoms with Gasteiger partial charge in [0.25, 0.3) is 5.56 Å². The van der Waals surface area contributed by atoms with Gasteiger partial charge in [-0.05, 0) is 24.3 Å². The van der Waals surface area contributed by atoms with Gasteiger partial charge in [0.1, 0.15) is 6.54 Å². The quantitative estimate of drug-likeness (QED) is 0.515. The highest BCUT2D eigenvalue weighted by atomic mass is 32.2. The van der Waals surface area contributed by atoms with Crippen molar-refractivity contribution in [1.82, 2.24) is 13.9 Å². The summed E-state index contributed by atoms with van der Waals surface area (Å²) < 4.78 is 38.5. The first-order valence-electron chi connectivity index (χ1n) is 10.2. The number of nitrogens with zero attached hydrogens (tertiary/aromatic N) is 3. The first-order valence-corrected chi connectivity index (χ1v) is 12.5. The fourth-order valence-corrected chi connectivity index (χ4v) is 5.55. The Morgan fingerprint density at radius 3 is 2.70 bits per heavy atom. The molecule has 1 aliphatic rings. The van der Waals surface area contributed by atoms with E-state index in [1.165, 1.54) is 27.9 Å². The first-order chi connectivity index (χ1) is 15.8. The van der Waals surface area contributed by atoms with Gasteiger partial charge in [0, 0.05) is 36.3 Å². The third kappa shape index (κ3) is 4.77. The zero-order valence-electron chi connectivity index (χ0n) is 18.0. The SMILES string of the molecule is CCN(CC)S(=O)(=O)c1ccc(=O)n(CC(=O)Nc2nc(-c3ccc4c(c3)OCO4)cs2)c1. The summed E-state index contributed by atoms with van der Waals surface area (Å²) in [6.45, 7) is 3.89. The zero-order valence-corrected chi connectivity index (χ0v) is 19.6. The van der Waals surface area contributed by atoms with Gasteiger partial charge in [0.15, 0.2) is 16.6 Å². The molecule has 1 aromatic carbocycles. The fourth-order valence-electron chi connectivity index (χ4n) is 3.33. The Labute approximate surface area is 194 Å². The van der Waals surface area contributed by atoms with Crippen molar-refractivity contribution < 1.29 is 22.7 Å². The van der Waals surface area contributed by atoms with Crippen LogP contribution < -0.4 is 20.3 Å². The molecule has 3 aromatic rings. The topological polar surface area (TPSA) is 120 Å². The molecule has 1 amide bonds. The van der Waals surface area contributed by atoms with E-state index in [-0.39, 0.29) is 18.2 Å². The molecule has 33 heavy (non-hydrogen) atoms. The summed E-state index contributed by atoms with van der Waals surface area (Å²) in [6.07, 6.45) is 1.19. The second kappa shape index (κ2) is 9.33. The summed E-state index contributed by atoms with van der Waals surface area (Å²) in [7, 11) is -3.75. The number of sulfonamides is 1. The maximum atomic E-state index is 12.7. The molecule has 0 atom stereocenters. The summed E-state index contributed by atoms with van der Waals surface area (Å²) in [5, 5.41) is 4.80. The van der Waals surface area contributed by atoms with Crippen molar-refractivity contribution in [1.29, 1.82) is 0 Å². The number of ether oxygens (including phenoxy) is 2. The Morgan fingerprint density at radius 1 is 1.18 bits per heavy atom. The number of pyridine rings is 1. The molecule has 2 aromatic heterocycles. The summed E-state index contributed by atoms with van der Waals surface area (Å²) in [6, 6.07) is 7.84. The summed E-state index contributed by atoms with van der Waals surface area (Å²) in [5.74, 6) is 0.796. The minimum Gasteiger partial charge on any atom is -0.454 e. The number of nitrogens with one attached hydrogen (secondary N) is 1. The van der Waals surface area contributed by atoms with E-state index >= 15 is 0 Å². The van der Waals surface area contributed by atoms with E-state index in [0.29, 0.717) is 35.4 Å². The number of benzene rings is 1. The van der Waals surface area contributed by atoms with Crippen LogP contribution in [0.25, 0.3) is 11.3 Å². The van der Waals surface area contributed by atoms with E-state index in [0.717, 1.165) is 16.2 Å². The lowest BCUT2D eigenvalue weighted by molar-refractivity contribution is -0.116. The molecule has 174 valence electrons. The molecule has 10 nitrogen and oxygen atoms in total. The molecule has 3 heterocycles. The maximum absolute atomic E-state index is 12.7. The molecule has 0 fully saturated rings. The Kier molecular flexibility index (Phi) is 6.49. The van der Waals surface area contributed by atoms with E-state index in [4.69, 9.17) is 9.47 Å². The van der Waals surface area contributed by atoms with E-state index in [1.807, 2.05) is 12.1 Å². The molecule has 12 heteroatoms. The molecule has 0 unspecified atom stereocenters. The largest absolute Gasteiger partial charge is 0.454 e. The van der Waals surface area contributed by atoms with Gasteiger partial charge in [-0.25, -0.2) is 13.4 Å². The van der Waals surface area contributed by atoms with E-state index in [9.17, 15) is 18.0 Å². The highest BCUT2D eigenvalue weighted by Gasteiger charge is 2.23. The third-order valence-electron chi connectivity index (χ3n) is 5.03. The van der Waals surface area contributed by atoms with Crippen LogP contribution in [0, 0.1) is 0 Å². The molecule has 0 saturated carbocycles. The molecular weight excluding hydrogens is 468 g/mol. The average molecular weight is 491 g/mol. The van der Waals surface area contributed by atoms with Crippen LogP contribution in [0.2, 0.25) is 0 Å². The minimum atomic E-state index is -3.75. The normalized spacial score (nSPS) is 12.8. The standard InChI is InChI=1S/C21H22N4O6S2/c1-3-25(4-2)33(28,29)15-6-8-20(27)24(10-15)11-19(26)23-21-22-16(12-32-21)14-5-7-17-18(9-14)31-13-30-17/h5-10,12H,3-4,11,13H2,1-2H3,(H,22,23,26). The van der Waals surface area contributed by atoms with Crippen LogP contribution in [0.4, 0.5) is 5.13 Å². The summed E-state index contributed by atoms with van der Waals surface area (Å²) in [4.78, 5) is 29.1. The first kappa shape index (κ1) is 23.0. The summed E-state index contributed by atoms with van der Waals surface area (Å²) >= 11 is 1.23.